The van der Waals surface area contributed by atoms with Gasteiger partial charge in [0.05, 0.1) is 42.2 Å². The number of ether oxygens (including phenoxy) is 1. The third kappa shape index (κ3) is 3.36. The van der Waals surface area contributed by atoms with Crippen LogP contribution in [0.5, 0.6) is 0 Å². The first kappa shape index (κ1) is 17.4. The summed E-state index contributed by atoms with van der Waals surface area (Å²) in [5.74, 6) is -0.471. The summed E-state index contributed by atoms with van der Waals surface area (Å²) in [5.41, 5.74) is 8.47. The number of carbonyl (C=O) groups excluding carboxylic acids is 1. The molecule has 1 unspecified atom stereocenters. The fraction of sp³-hybridized carbons (Fsp3) is 0.500. The molecule has 0 fully saturated rings. The van der Waals surface area contributed by atoms with Crippen molar-refractivity contribution in [2.45, 2.75) is 32.6 Å². The summed E-state index contributed by atoms with van der Waals surface area (Å²) < 4.78 is 10.6. The van der Waals surface area contributed by atoms with Gasteiger partial charge in [-0.3, -0.25) is 4.79 Å². The van der Waals surface area contributed by atoms with Gasteiger partial charge in [-0.05, 0) is 11.8 Å². The van der Waals surface area contributed by atoms with E-state index in [1.54, 1.807) is 0 Å². The van der Waals surface area contributed by atoms with Gasteiger partial charge in [-0.2, -0.15) is 5.26 Å². The summed E-state index contributed by atoms with van der Waals surface area (Å²) in [5, 5.41) is 13.0. The van der Waals surface area contributed by atoms with Crippen LogP contribution < -0.4 is 11.1 Å². The molecule has 0 radical (unpaired) electrons. The molecule has 0 aromatic carbocycles. The van der Waals surface area contributed by atoms with Crippen LogP contribution in [0.2, 0.25) is 0 Å². The number of nitriles is 1. The number of allylic oxidation sites excluding steroid dienone is 3. The summed E-state index contributed by atoms with van der Waals surface area (Å²) in [4.78, 5) is 17.0. The first-order valence-corrected chi connectivity index (χ1v) is 8.29. The second-order valence-electron chi connectivity index (χ2n) is 7.15. The van der Waals surface area contributed by atoms with E-state index in [2.05, 4.69) is 30.2 Å². The highest BCUT2D eigenvalue weighted by Gasteiger charge is 2.42. The van der Waals surface area contributed by atoms with Gasteiger partial charge in [0.25, 0.3) is 0 Å². The average molecular weight is 342 g/mol. The van der Waals surface area contributed by atoms with E-state index in [9.17, 15) is 10.1 Å². The van der Waals surface area contributed by atoms with Crippen LogP contribution in [-0.4, -0.2) is 30.5 Å². The van der Waals surface area contributed by atoms with Crippen molar-refractivity contribution in [1.29, 1.82) is 5.26 Å². The zero-order chi connectivity index (χ0) is 18.0. The fourth-order valence-electron chi connectivity index (χ4n) is 3.51. The van der Waals surface area contributed by atoms with Crippen LogP contribution >= 0.6 is 0 Å². The van der Waals surface area contributed by atoms with Crippen LogP contribution in [0.1, 0.15) is 38.3 Å². The molecule has 132 valence electrons. The summed E-state index contributed by atoms with van der Waals surface area (Å²) in [6, 6.07) is 2.23. The molecule has 3 rings (SSSR count). The van der Waals surface area contributed by atoms with Gasteiger partial charge in [0.2, 0.25) is 0 Å². The minimum Gasteiger partial charge on any atom is -0.451 e. The first-order valence-electron chi connectivity index (χ1n) is 8.29. The van der Waals surface area contributed by atoms with Crippen LogP contribution in [0.4, 0.5) is 0 Å². The molecule has 7 nitrogen and oxygen atoms in total. The van der Waals surface area contributed by atoms with E-state index in [4.69, 9.17) is 14.9 Å². The summed E-state index contributed by atoms with van der Waals surface area (Å²) in [6.07, 6.45) is 3.97. The Morgan fingerprint density at radius 1 is 1.52 bits per heavy atom. The lowest BCUT2D eigenvalue weighted by Crippen LogP contribution is -2.38. The highest BCUT2D eigenvalue weighted by molar-refractivity contribution is 6.00. The lowest BCUT2D eigenvalue weighted by Gasteiger charge is -2.38. The van der Waals surface area contributed by atoms with Gasteiger partial charge in [0, 0.05) is 24.2 Å². The molecule has 0 amide bonds. The Morgan fingerprint density at radius 3 is 2.96 bits per heavy atom. The smallest absolute Gasteiger partial charge is 0.180 e. The molecule has 0 spiro atoms. The van der Waals surface area contributed by atoms with Crippen LogP contribution in [-0.2, 0) is 9.53 Å². The number of hydrogen-bond donors (Lipinski definition) is 2. The molecule has 0 saturated heterocycles. The lowest BCUT2D eigenvalue weighted by atomic mass is 9.69. The summed E-state index contributed by atoms with van der Waals surface area (Å²) in [6.45, 7) is 5.17. The molecule has 3 N–H and O–H groups in total. The Labute approximate surface area is 146 Å². The number of rotatable bonds is 5. The van der Waals surface area contributed by atoms with Crippen molar-refractivity contribution < 1.29 is 13.9 Å². The molecule has 7 heteroatoms. The number of nitrogens with two attached hydrogens (primary N) is 1. The zero-order valence-corrected chi connectivity index (χ0v) is 14.5. The number of nitrogens with one attached hydrogen (secondary N) is 1. The number of hydrogen-bond acceptors (Lipinski definition) is 7. The van der Waals surface area contributed by atoms with E-state index in [0.717, 1.165) is 12.1 Å². The first-order chi connectivity index (χ1) is 12.0. The van der Waals surface area contributed by atoms with Crippen molar-refractivity contribution in [2.75, 3.05) is 19.8 Å². The third-order valence-corrected chi connectivity index (χ3v) is 4.50. The maximum atomic E-state index is 12.8. The number of carbonyl (C=O) groups is 1. The monoisotopic (exact) mass is 342 g/mol. The highest BCUT2D eigenvalue weighted by Crippen LogP contribution is 2.45. The molecule has 2 heterocycles. The highest BCUT2D eigenvalue weighted by atomic mass is 16.5. The third-order valence-electron chi connectivity index (χ3n) is 4.50. The van der Waals surface area contributed by atoms with Crippen LogP contribution in [0.25, 0.3) is 0 Å². The van der Waals surface area contributed by atoms with E-state index >= 15 is 0 Å². The molecule has 2 aliphatic rings. The maximum Gasteiger partial charge on any atom is 0.180 e. The Kier molecular flexibility index (Phi) is 4.75. The Morgan fingerprint density at radius 2 is 2.32 bits per heavy atom. The Balaban J connectivity index is 2.06. The normalized spacial score (nSPS) is 22.5. The van der Waals surface area contributed by atoms with Crippen molar-refractivity contribution in [1.82, 2.24) is 10.3 Å². The molecule has 1 aromatic heterocycles. The predicted octanol–water partition coefficient (Wildman–Crippen LogP) is 1.76. The lowest BCUT2D eigenvalue weighted by molar-refractivity contribution is -0.118. The number of dihydropyridines is 1. The largest absolute Gasteiger partial charge is 0.451 e. The number of aromatic nitrogens is 1. The fourth-order valence-corrected chi connectivity index (χ4v) is 3.51. The molecule has 1 aliphatic heterocycles. The van der Waals surface area contributed by atoms with Crippen molar-refractivity contribution in [2.24, 2.45) is 11.1 Å². The molecule has 0 bridgehead atoms. The number of Topliss-reactive ketones (excluding diaryl/α,β-unsaturated/α-hetero) is 1. The maximum absolute atomic E-state index is 12.8. The average Bonchev–Trinajstić information content (AvgIpc) is 3.06. The zero-order valence-electron chi connectivity index (χ0n) is 14.5. The Hall–Kier alpha value is -2.43. The van der Waals surface area contributed by atoms with E-state index in [1.165, 1.54) is 12.7 Å². The van der Waals surface area contributed by atoms with Crippen LogP contribution in [0.3, 0.4) is 0 Å². The van der Waals surface area contributed by atoms with Crippen molar-refractivity contribution >= 4 is 5.78 Å². The second kappa shape index (κ2) is 6.82. The predicted molar refractivity (Wildman–Crippen MR) is 89.9 cm³/mol. The standard InChI is InChI=1S/C18H22N4O3/c1-18(2)5-12-17(15(23)6-18)16(14-9-25-10-21-14)11(7-20)13(22-12)8-24-4-3-19/h9-10,16,22H,3-6,8,19H2,1-2H3. The summed E-state index contributed by atoms with van der Waals surface area (Å²) >= 11 is 0. The van der Waals surface area contributed by atoms with E-state index < -0.39 is 5.92 Å². The molecule has 0 saturated carbocycles. The molecule has 25 heavy (non-hydrogen) atoms. The molecular weight excluding hydrogens is 320 g/mol. The molecule has 1 aromatic rings. The van der Waals surface area contributed by atoms with E-state index in [1.807, 2.05) is 0 Å². The minimum atomic E-state index is -0.514. The van der Waals surface area contributed by atoms with E-state index in [0.29, 0.717) is 42.1 Å². The van der Waals surface area contributed by atoms with Gasteiger partial charge in [-0.25, -0.2) is 4.98 Å². The van der Waals surface area contributed by atoms with Gasteiger partial charge in [-0.1, -0.05) is 13.8 Å². The van der Waals surface area contributed by atoms with Crippen molar-refractivity contribution in [3.63, 3.8) is 0 Å². The second-order valence-corrected chi connectivity index (χ2v) is 7.15. The van der Waals surface area contributed by atoms with Gasteiger partial charge in [-0.15, -0.1) is 0 Å². The van der Waals surface area contributed by atoms with Gasteiger partial charge >= 0.3 is 0 Å². The van der Waals surface area contributed by atoms with Crippen molar-refractivity contribution in [3.05, 3.63) is 40.9 Å². The van der Waals surface area contributed by atoms with Crippen LogP contribution in [0.15, 0.2) is 39.6 Å². The molecule has 1 aliphatic carbocycles. The number of nitrogens with zero attached hydrogens (tertiary/aromatic N) is 2. The number of ketones is 1. The Bertz CT molecular complexity index is 769. The topological polar surface area (TPSA) is 114 Å². The quantitative estimate of drug-likeness (QED) is 0.784. The van der Waals surface area contributed by atoms with Crippen LogP contribution in [0, 0.1) is 16.7 Å². The van der Waals surface area contributed by atoms with Gasteiger partial charge < -0.3 is 20.2 Å². The van der Waals surface area contributed by atoms with Crippen molar-refractivity contribution in [3.8, 4) is 6.07 Å². The van der Waals surface area contributed by atoms with E-state index in [-0.39, 0.29) is 17.8 Å². The molecular formula is C18H22N4O3. The minimum absolute atomic E-state index is 0.0430. The van der Waals surface area contributed by atoms with Gasteiger partial charge in [0.1, 0.15) is 6.26 Å². The number of oxazole rings is 1. The SMILES string of the molecule is CC1(C)CC(=O)C2=C(C1)NC(COCCN)=C(C#N)C2c1cocn1. The molecule has 1 atom stereocenters. The van der Waals surface area contributed by atoms with Gasteiger partial charge in [0.15, 0.2) is 12.2 Å². The summed E-state index contributed by atoms with van der Waals surface area (Å²) in [7, 11) is 0.